The molecular weight excluding hydrogens is 597 g/mol. The summed E-state index contributed by atoms with van der Waals surface area (Å²) in [6.45, 7) is 0.109. The minimum absolute atomic E-state index is 0.0755. The van der Waals surface area contributed by atoms with Gasteiger partial charge in [0.25, 0.3) is 0 Å². The Hall–Kier alpha value is -3.63. The van der Waals surface area contributed by atoms with Gasteiger partial charge in [-0.25, -0.2) is 23.2 Å². The van der Waals surface area contributed by atoms with Crippen LogP contribution in [0.1, 0.15) is 22.6 Å². The molecule has 7 nitrogen and oxygen atoms in total. The van der Waals surface area contributed by atoms with E-state index in [-0.39, 0.29) is 27.0 Å². The number of rotatable bonds is 2. The normalized spacial score (nSPS) is 16.0. The first-order valence-electron chi connectivity index (χ1n) is 10.9. The summed E-state index contributed by atoms with van der Waals surface area (Å²) >= 11 is 6.49. The van der Waals surface area contributed by atoms with Crippen molar-refractivity contribution in [3.63, 3.8) is 0 Å². The maximum atomic E-state index is 14.1. The molecule has 0 amide bonds. The van der Waals surface area contributed by atoms with E-state index in [1.807, 2.05) is 6.08 Å². The maximum absolute atomic E-state index is 14.1. The molecule has 0 saturated carbocycles. The van der Waals surface area contributed by atoms with Crippen molar-refractivity contribution < 1.29 is 14.6 Å². The molecule has 0 bridgehead atoms. The SMILES string of the molecule is O=c1n(-c2ccccc2)c(=O)n2n1CC=C1C2=Cc2c(O)c(Br)cc(O)c2[C@H]1c1ccc(F)c(Br)c1. The van der Waals surface area contributed by atoms with Gasteiger partial charge in [-0.1, -0.05) is 30.3 Å². The molecule has 6 rings (SSSR count). The quantitative estimate of drug-likeness (QED) is 0.313. The van der Waals surface area contributed by atoms with Crippen molar-refractivity contribution in [3.05, 3.63) is 119 Å². The molecule has 0 unspecified atom stereocenters. The number of aromatic nitrogens is 3. The maximum Gasteiger partial charge on any atom is 0.356 e. The highest BCUT2D eigenvalue weighted by molar-refractivity contribution is 9.10. The number of nitrogens with zero attached hydrogens (tertiary/aromatic N) is 3. The van der Waals surface area contributed by atoms with Gasteiger partial charge in [0, 0.05) is 17.0 Å². The lowest BCUT2D eigenvalue weighted by Crippen LogP contribution is -2.32. The van der Waals surface area contributed by atoms with E-state index in [1.54, 1.807) is 48.5 Å². The number of hydrogen-bond acceptors (Lipinski definition) is 4. The van der Waals surface area contributed by atoms with Crippen LogP contribution in [0.4, 0.5) is 4.39 Å². The topological polar surface area (TPSA) is 89.4 Å². The monoisotopic (exact) mass is 611 g/mol. The van der Waals surface area contributed by atoms with Crippen molar-refractivity contribution in [2.75, 3.05) is 0 Å². The zero-order valence-electron chi connectivity index (χ0n) is 18.3. The first-order chi connectivity index (χ1) is 17.3. The second kappa shape index (κ2) is 8.21. The Balaban J connectivity index is 1.67. The van der Waals surface area contributed by atoms with Crippen molar-refractivity contribution in [1.82, 2.24) is 13.9 Å². The Morgan fingerprint density at radius 3 is 2.42 bits per heavy atom. The zero-order valence-corrected chi connectivity index (χ0v) is 21.5. The third-order valence-electron chi connectivity index (χ3n) is 6.52. The Labute approximate surface area is 219 Å². The number of allylic oxidation sites excluding steroid dienone is 3. The lowest BCUT2D eigenvalue weighted by atomic mass is 9.76. The molecule has 3 aromatic carbocycles. The molecular formula is C26H16Br2FN3O4. The van der Waals surface area contributed by atoms with E-state index in [2.05, 4.69) is 31.9 Å². The van der Waals surface area contributed by atoms with Crippen molar-refractivity contribution in [3.8, 4) is 17.2 Å². The smallest absolute Gasteiger partial charge is 0.356 e. The van der Waals surface area contributed by atoms with Crippen LogP contribution >= 0.6 is 31.9 Å². The van der Waals surface area contributed by atoms with Crippen molar-refractivity contribution in [2.45, 2.75) is 12.5 Å². The Bertz CT molecular complexity index is 1770. The molecule has 180 valence electrons. The molecule has 2 heterocycles. The number of hydrogen-bond donors (Lipinski definition) is 2. The molecule has 0 spiro atoms. The number of phenols is 2. The van der Waals surface area contributed by atoms with Crippen molar-refractivity contribution in [1.29, 1.82) is 0 Å². The van der Waals surface area contributed by atoms with Gasteiger partial charge < -0.3 is 10.2 Å². The number of phenolic OH excluding ortho intramolecular Hbond substituents is 2. The van der Waals surface area contributed by atoms with Crippen LogP contribution < -0.4 is 11.4 Å². The fourth-order valence-electron chi connectivity index (χ4n) is 4.93. The predicted molar refractivity (Wildman–Crippen MR) is 140 cm³/mol. The number of fused-ring (bicyclic) bond motifs is 4. The average molecular weight is 613 g/mol. The summed E-state index contributed by atoms with van der Waals surface area (Å²) in [5.74, 6) is -1.30. The molecule has 1 aliphatic carbocycles. The first kappa shape index (κ1) is 22.8. The van der Waals surface area contributed by atoms with E-state index < -0.39 is 23.1 Å². The summed E-state index contributed by atoms with van der Waals surface area (Å²) in [4.78, 5) is 26.9. The summed E-state index contributed by atoms with van der Waals surface area (Å²) in [7, 11) is 0. The zero-order chi connectivity index (χ0) is 25.3. The molecule has 0 saturated heterocycles. The molecule has 36 heavy (non-hydrogen) atoms. The fraction of sp³-hybridized carbons (Fsp3) is 0.0769. The Morgan fingerprint density at radius 2 is 1.69 bits per heavy atom. The molecule has 2 N–H and O–H groups in total. The van der Waals surface area contributed by atoms with Crippen LogP contribution in [0.3, 0.4) is 0 Å². The molecule has 10 heteroatoms. The number of benzene rings is 3. The van der Waals surface area contributed by atoms with E-state index in [0.29, 0.717) is 33.6 Å². The van der Waals surface area contributed by atoms with Gasteiger partial charge in [0.15, 0.2) is 0 Å². The standard InChI is InChI=1S/C26H16Br2FN3O4/c27-17-10-13(6-7-19(17)29)22-15-8-9-30-25(35)31(14-4-2-1-3-5-14)26(36)32(30)20(15)11-16-23(22)21(33)12-18(28)24(16)34/h1-8,10-12,22,33-34H,9H2/t22-/m0/s1. The second-order valence-electron chi connectivity index (χ2n) is 8.48. The minimum atomic E-state index is -0.647. The lowest BCUT2D eigenvalue weighted by Gasteiger charge is -2.33. The third-order valence-corrected chi connectivity index (χ3v) is 7.73. The van der Waals surface area contributed by atoms with Crippen LogP contribution in [0.2, 0.25) is 0 Å². The summed E-state index contributed by atoms with van der Waals surface area (Å²) in [6, 6.07) is 14.5. The van der Waals surface area contributed by atoms with Crippen LogP contribution in [0, 0.1) is 5.82 Å². The van der Waals surface area contributed by atoms with Crippen LogP contribution in [-0.2, 0) is 6.54 Å². The molecule has 2 aliphatic rings. The third kappa shape index (κ3) is 3.21. The van der Waals surface area contributed by atoms with Gasteiger partial charge in [-0.3, -0.25) is 0 Å². The summed E-state index contributed by atoms with van der Waals surface area (Å²) in [6.07, 6.45) is 3.40. The number of aromatic hydroxyl groups is 2. The Kier molecular flexibility index (Phi) is 5.20. The van der Waals surface area contributed by atoms with E-state index >= 15 is 0 Å². The number of para-hydroxylation sites is 1. The molecule has 0 radical (unpaired) electrons. The van der Waals surface area contributed by atoms with Gasteiger partial charge >= 0.3 is 11.4 Å². The molecule has 0 fully saturated rings. The average Bonchev–Trinajstić information content (AvgIpc) is 3.13. The molecule has 1 atom stereocenters. The van der Waals surface area contributed by atoms with Gasteiger partial charge in [0.2, 0.25) is 0 Å². The molecule has 1 aliphatic heterocycles. The van der Waals surface area contributed by atoms with Crippen LogP contribution in [0.15, 0.2) is 84.8 Å². The van der Waals surface area contributed by atoms with Crippen LogP contribution in [0.5, 0.6) is 11.5 Å². The predicted octanol–water partition coefficient (Wildman–Crippen LogP) is 4.96. The highest BCUT2D eigenvalue weighted by atomic mass is 79.9. The number of halogens is 3. The lowest BCUT2D eigenvalue weighted by molar-refractivity contribution is 0.448. The van der Waals surface area contributed by atoms with Gasteiger partial charge in [0.1, 0.15) is 17.3 Å². The minimum Gasteiger partial charge on any atom is -0.508 e. The molecule has 1 aromatic heterocycles. The first-order valence-corrected chi connectivity index (χ1v) is 12.5. The summed E-state index contributed by atoms with van der Waals surface area (Å²) < 4.78 is 18.3. The largest absolute Gasteiger partial charge is 0.508 e. The van der Waals surface area contributed by atoms with E-state index in [9.17, 15) is 24.2 Å². The van der Waals surface area contributed by atoms with Gasteiger partial charge in [-0.2, -0.15) is 4.68 Å². The van der Waals surface area contributed by atoms with Gasteiger partial charge in [0.05, 0.1) is 26.9 Å². The fourth-order valence-corrected chi connectivity index (χ4v) is 5.76. The Morgan fingerprint density at radius 1 is 0.944 bits per heavy atom. The van der Waals surface area contributed by atoms with Crippen molar-refractivity contribution >= 4 is 43.6 Å². The highest BCUT2D eigenvalue weighted by Crippen LogP contribution is 2.52. The van der Waals surface area contributed by atoms with E-state index in [1.165, 1.54) is 21.5 Å². The van der Waals surface area contributed by atoms with E-state index in [4.69, 9.17) is 0 Å². The van der Waals surface area contributed by atoms with Gasteiger partial charge in [-0.15, -0.1) is 0 Å². The highest BCUT2D eigenvalue weighted by Gasteiger charge is 2.37. The summed E-state index contributed by atoms with van der Waals surface area (Å²) in [5.41, 5.74) is 1.72. The van der Waals surface area contributed by atoms with E-state index in [0.717, 1.165) is 4.57 Å². The summed E-state index contributed by atoms with van der Waals surface area (Å²) in [5, 5.41) is 21.9. The van der Waals surface area contributed by atoms with Crippen LogP contribution in [-0.4, -0.2) is 24.1 Å². The van der Waals surface area contributed by atoms with Crippen molar-refractivity contribution in [2.24, 2.45) is 0 Å². The van der Waals surface area contributed by atoms with Crippen LogP contribution in [0.25, 0.3) is 17.5 Å². The van der Waals surface area contributed by atoms with Gasteiger partial charge in [-0.05, 0) is 79.4 Å². The molecule has 4 aromatic rings. The second-order valence-corrected chi connectivity index (χ2v) is 10.2.